The maximum Gasteiger partial charge on any atom is 0.433 e. The molecule has 0 amide bonds. The summed E-state index contributed by atoms with van der Waals surface area (Å²) >= 11 is 0. The van der Waals surface area contributed by atoms with Crippen LogP contribution in [0.15, 0.2) is 21.1 Å². The summed E-state index contributed by atoms with van der Waals surface area (Å²) < 4.78 is 9.83. The van der Waals surface area contributed by atoms with Crippen molar-refractivity contribution < 1.29 is 13.9 Å². The Bertz CT molecular complexity index is 551. The van der Waals surface area contributed by atoms with E-state index in [0.717, 1.165) is 0 Å². The average molecular weight is 238 g/mol. The summed E-state index contributed by atoms with van der Waals surface area (Å²) in [7, 11) is 0. The molecule has 0 saturated heterocycles. The molecule has 0 saturated carbocycles. The Morgan fingerprint density at radius 3 is 2.65 bits per heavy atom. The zero-order valence-corrected chi connectivity index (χ0v) is 9.21. The summed E-state index contributed by atoms with van der Waals surface area (Å²) in [6.07, 6.45) is 0. The molecule has 2 N–H and O–H groups in total. The van der Waals surface area contributed by atoms with E-state index in [1.54, 1.807) is 13.8 Å². The molecule has 0 radical (unpaired) electrons. The van der Waals surface area contributed by atoms with Crippen molar-refractivity contribution in [2.45, 2.75) is 19.4 Å². The predicted molar refractivity (Wildman–Crippen MR) is 55.9 cm³/mol. The van der Waals surface area contributed by atoms with Gasteiger partial charge < -0.3 is 14.7 Å². The van der Waals surface area contributed by atoms with Crippen molar-refractivity contribution in [3.63, 3.8) is 0 Å². The second-order valence-corrected chi connectivity index (χ2v) is 4.04. The molecule has 0 spiro atoms. The molecule has 2 aromatic heterocycles. The molecule has 0 aromatic carbocycles. The lowest BCUT2D eigenvalue weighted by Gasteiger charge is -2.11. The highest BCUT2D eigenvalue weighted by Crippen LogP contribution is 2.25. The van der Waals surface area contributed by atoms with Crippen molar-refractivity contribution in [2.24, 2.45) is 5.73 Å². The lowest BCUT2D eigenvalue weighted by atomic mass is 10.1. The topological polar surface area (TPSA) is 121 Å². The number of furan rings is 1. The molecule has 0 aliphatic heterocycles. The van der Waals surface area contributed by atoms with Crippen LogP contribution < -0.4 is 5.73 Å². The molecule has 8 heteroatoms. The Morgan fingerprint density at radius 2 is 2.18 bits per heavy atom. The second-order valence-electron chi connectivity index (χ2n) is 4.04. The summed E-state index contributed by atoms with van der Waals surface area (Å²) in [5, 5.41) is 14.1. The third-order valence-electron chi connectivity index (χ3n) is 1.98. The molecule has 90 valence electrons. The predicted octanol–water partition coefficient (Wildman–Crippen LogP) is 1.43. The standard InChI is InChI=1S/C9H10N4O4/c1-9(2,10)8-11-7(17-12-8)5-3-4-6(16-5)13(14)15/h3-4H,10H2,1-2H3. The Labute approximate surface area is 95.6 Å². The molecule has 17 heavy (non-hydrogen) atoms. The van der Waals surface area contributed by atoms with E-state index < -0.39 is 10.5 Å². The molecule has 0 aliphatic rings. The first-order chi connectivity index (χ1) is 7.88. The maximum atomic E-state index is 10.4. The van der Waals surface area contributed by atoms with Gasteiger partial charge in [-0.2, -0.15) is 4.98 Å². The van der Waals surface area contributed by atoms with Gasteiger partial charge in [0.05, 0.1) is 11.6 Å². The molecule has 2 rings (SSSR count). The van der Waals surface area contributed by atoms with Gasteiger partial charge in [0, 0.05) is 0 Å². The van der Waals surface area contributed by atoms with Crippen LogP contribution in [0.25, 0.3) is 11.7 Å². The van der Waals surface area contributed by atoms with Gasteiger partial charge in [-0.25, -0.2) is 0 Å². The molecule has 0 unspecified atom stereocenters. The van der Waals surface area contributed by atoms with Crippen LogP contribution in [0.2, 0.25) is 0 Å². The van der Waals surface area contributed by atoms with E-state index in [1.165, 1.54) is 12.1 Å². The van der Waals surface area contributed by atoms with Crippen molar-refractivity contribution in [1.82, 2.24) is 10.1 Å². The van der Waals surface area contributed by atoms with Crippen LogP contribution in [0.5, 0.6) is 0 Å². The van der Waals surface area contributed by atoms with E-state index in [1.807, 2.05) is 0 Å². The minimum Gasteiger partial charge on any atom is -0.395 e. The minimum atomic E-state index is -0.750. The first-order valence-electron chi connectivity index (χ1n) is 4.75. The highest BCUT2D eigenvalue weighted by Gasteiger charge is 2.24. The fourth-order valence-electron chi connectivity index (χ4n) is 1.13. The van der Waals surface area contributed by atoms with Gasteiger partial charge in [0.15, 0.2) is 11.6 Å². The Hall–Kier alpha value is -2.22. The third kappa shape index (κ3) is 2.16. The monoisotopic (exact) mass is 238 g/mol. The SMILES string of the molecule is CC(C)(N)c1noc(-c2ccc([N+](=O)[O-])o2)n1. The van der Waals surface area contributed by atoms with Gasteiger partial charge >= 0.3 is 5.88 Å². The zero-order chi connectivity index (χ0) is 12.6. The number of rotatable bonds is 3. The van der Waals surface area contributed by atoms with Crippen molar-refractivity contribution >= 4 is 5.88 Å². The van der Waals surface area contributed by atoms with Gasteiger partial charge in [0.25, 0.3) is 5.89 Å². The molecule has 0 bridgehead atoms. The number of hydrogen-bond donors (Lipinski definition) is 1. The normalized spacial score (nSPS) is 11.7. The van der Waals surface area contributed by atoms with Crippen LogP contribution in [0.3, 0.4) is 0 Å². The maximum absolute atomic E-state index is 10.4. The second kappa shape index (κ2) is 3.67. The summed E-state index contributed by atoms with van der Waals surface area (Å²) in [4.78, 5) is 13.8. The quantitative estimate of drug-likeness (QED) is 0.633. The molecule has 2 heterocycles. The van der Waals surface area contributed by atoms with Crippen LogP contribution in [-0.4, -0.2) is 15.1 Å². The molecule has 0 aliphatic carbocycles. The highest BCUT2D eigenvalue weighted by molar-refractivity contribution is 5.46. The summed E-state index contributed by atoms with van der Waals surface area (Å²) in [5.41, 5.74) is 5.03. The molecular formula is C9H10N4O4. The average Bonchev–Trinajstić information content (AvgIpc) is 2.85. The van der Waals surface area contributed by atoms with E-state index in [0.29, 0.717) is 5.82 Å². The van der Waals surface area contributed by atoms with Crippen LogP contribution >= 0.6 is 0 Å². The van der Waals surface area contributed by atoms with Gasteiger partial charge in [-0.3, -0.25) is 10.1 Å². The largest absolute Gasteiger partial charge is 0.433 e. The smallest absolute Gasteiger partial charge is 0.395 e. The Morgan fingerprint density at radius 1 is 1.47 bits per heavy atom. The molecule has 8 nitrogen and oxygen atoms in total. The van der Waals surface area contributed by atoms with Crippen molar-refractivity contribution in [3.8, 4) is 11.7 Å². The molecule has 0 atom stereocenters. The Balaban J connectivity index is 2.34. The summed E-state index contributed by atoms with van der Waals surface area (Å²) in [5.74, 6) is 0.115. The summed E-state index contributed by atoms with van der Waals surface area (Å²) in [6, 6.07) is 2.60. The van der Waals surface area contributed by atoms with Gasteiger partial charge in [-0.15, -0.1) is 0 Å². The van der Waals surface area contributed by atoms with E-state index in [-0.39, 0.29) is 17.5 Å². The van der Waals surface area contributed by atoms with Gasteiger partial charge in [-0.1, -0.05) is 5.16 Å². The van der Waals surface area contributed by atoms with E-state index in [4.69, 9.17) is 14.7 Å². The number of nitrogens with zero attached hydrogens (tertiary/aromatic N) is 3. The highest BCUT2D eigenvalue weighted by atomic mass is 16.6. The third-order valence-corrected chi connectivity index (χ3v) is 1.98. The number of hydrogen-bond acceptors (Lipinski definition) is 7. The fourth-order valence-corrected chi connectivity index (χ4v) is 1.13. The number of aromatic nitrogens is 2. The van der Waals surface area contributed by atoms with Crippen LogP contribution in [0.1, 0.15) is 19.7 Å². The van der Waals surface area contributed by atoms with E-state index in [2.05, 4.69) is 10.1 Å². The van der Waals surface area contributed by atoms with Crippen LogP contribution in [-0.2, 0) is 5.54 Å². The zero-order valence-electron chi connectivity index (χ0n) is 9.21. The van der Waals surface area contributed by atoms with Gasteiger partial charge in [0.2, 0.25) is 0 Å². The fraction of sp³-hybridized carbons (Fsp3) is 0.333. The van der Waals surface area contributed by atoms with E-state index in [9.17, 15) is 10.1 Å². The molecule has 0 fully saturated rings. The molecule has 2 aromatic rings. The first-order valence-corrected chi connectivity index (χ1v) is 4.75. The van der Waals surface area contributed by atoms with E-state index >= 15 is 0 Å². The summed E-state index contributed by atoms with van der Waals surface area (Å²) in [6.45, 7) is 3.43. The van der Waals surface area contributed by atoms with Crippen molar-refractivity contribution in [1.29, 1.82) is 0 Å². The van der Waals surface area contributed by atoms with Gasteiger partial charge in [0.1, 0.15) is 4.92 Å². The minimum absolute atomic E-state index is 0.0617. The number of nitrogens with two attached hydrogens (primary N) is 1. The lowest BCUT2D eigenvalue weighted by molar-refractivity contribution is -0.401. The first kappa shape index (κ1) is 11.3. The number of nitro groups is 1. The van der Waals surface area contributed by atoms with Gasteiger partial charge in [-0.05, 0) is 19.9 Å². The Kier molecular flexibility index (Phi) is 2.43. The molecular weight excluding hydrogens is 228 g/mol. The van der Waals surface area contributed by atoms with Crippen LogP contribution in [0.4, 0.5) is 5.88 Å². The van der Waals surface area contributed by atoms with Crippen molar-refractivity contribution in [3.05, 3.63) is 28.1 Å². The van der Waals surface area contributed by atoms with Crippen molar-refractivity contribution in [2.75, 3.05) is 0 Å². The lowest BCUT2D eigenvalue weighted by Crippen LogP contribution is -2.30. The van der Waals surface area contributed by atoms with Crippen LogP contribution in [0, 0.1) is 10.1 Å².